The Morgan fingerprint density at radius 3 is 2.30 bits per heavy atom. The van der Waals surface area contributed by atoms with Gasteiger partial charge in [0, 0.05) is 25.2 Å². The Bertz CT molecular complexity index is 333. The highest BCUT2D eigenvalue weighted by Gasteiger charge is 2.35. The van der Waals surface area contributed by atoms with Crippen molar-refractivity contribution in [3.05, 3.63) is 0 Å². The molecule has 0 aromatic heterocycles. The quantitative estimate of drug-likeness (QED) is 0.757. The number of ether oxygens (including phenoxy) is 1. The van der Waals surface area contributed by atoms with E-state index in [1.165, 1.54) is 4.90 Å². The van der Waals surface area contributed by atoms with Crippen LogP contribution in [0.15, 0.2) is 0 Å². The van der Waals surface area contributed by atoms with Crippen molar-refractivity contribution in [2.75, 3.05) is 19.6 Å². The van der Waals surface area contributed by atoms with Gasteiger partial charge in [0.05, 0.1) is 0 Å². The van der Waals surface area contributed by atoms with Crippen molar-refractivity contribution in [2.45, 2.75) is 58.7 Å². The summed E-state index contributed by atoms with van der Waals surface area (Å²) in [5.41, 5.74) is -0.888. The van der Waals surface area contributed by atoms with E-state index in [-0.39, 0.29) is 11.4 Å². The second-order valence-electron chi connectivity index (χ2n) is 7.13. The lowest BCUT2D eigenvalue weighted by molar-refractivity contribution is -0.128. The molecule has 0 aromatic carbocycles. The third-order valence-electron chi connectivity index (χ3n) is 2.67. The maximum Gasteiger partial charge on any atom is 0.411 e. The van der Waals surface area contributed by atoms with E-state index < -0.39 is 17.7 Å². The number of nitrogens with zero attached hydrogens (tertiary/aromatic N) is 1. The van der Waals surface area contributed by atoms with Gasteiger partial charge in [0.2, 0.25) is 5.91 Å². The van der Waals surface area contributed by atoms with Crippen LogP contribution in [0.4, 0.5) is 4.79 Å². The zero-order valence-corrected chi connectivity index (χ0v) is 13.4. The molecular weight excluding hydrogens is 258 g/mol. The van der Waals surface area contributed by atoms with Gasteiger partial charge >= 0.3 is 6.09 Å². The Labute approximate surface area is 121 Å². The minimum absolute atomic E-state index is 0.157. The smallest absolute Gasteiger partial charge is 0.411 e. The van der Waals surface area contributed by atoms with E-state index in [1.54, 1.807) is 0 Å². The molecule has 116 valence electrons. The molecule has 0 unspecified atom stereocenters. The van der Waals surface area contributed by atoms with Crippen molar-refractivity contribution in [1.29, 1.82) is 0 Å². The molecule has 0 radical (unpaired) electrons. The normalized spacial score (nSPS) is 20.5. The highest BCUT2D eigenvalue weighted by molar-refractivity contribution is 5.86. The Kier molecular flexibility index (Phi) is 5.02. The molecule has 0 aliphatic carbocycles. The molecule has 1 aliphatic rings. The van der Waals surface area contributed by atoms with Gasteiger partial charge in [0.25, 0.3) is 0 Å². The summed E-state index contributed by atoms with van der Waals surface area (Å²) < 4.78 is 5.37. The summed E-state index contributed by atoms with van der Waals surface area (Å²) in [4.78, 5) is 26.0. The number of carbonyl (C=O) groups is 2. The molecule has 0 aromatic rings. The maximum atomic E-state index is 12.3. The van der Waals surface area contributed by atoms with Gasteiger partial charge in [-0.05, 0) is 41.5 Å². The predicted molar refractivity (Wildman–Crippen MR) is 77.5 cm³/mol. The van der Waals surface area contributed by atoms with E-state index in [1.807, 2.05) is 41.5 Å². The summed E-state index contributed by atoms with van der Waals surface area (Å²) in [7, 11) is 0. The topological polar surface area (TPSA) is 70.7 Å². The van der Waals surface area contributed by atoms with Gasteiger partial charge in [0.1, 0.15) is 11.6 Å². The lowest BCUT2D eigenvalue weighted by atomic mass is 10.1. The third-order valence-corrected chi connectivity index (χ3v) is 2.67. The molecule has 20 heavy (non-hydrogen) atoms. The van der Waals surface area contributed by atoms with E-state index in [2.05, 4.69) is 10.6 Å². The second-order valence-corrected chi connectivity index (χ2v) is 7.13. The summed E-state index contributed by atoms with van der Waals surface area (Å²) in [6.45, 7) is 12.8. The minimum Gasteiger partial charge on any atom is -0.444 e. The fourth-order valence-electron chi connectivity index (χ4n) is 1.93. The van der Waals surface area contributed by atoms with Gasteiger partial charge in [-0.2, -0.15) is 0 Å². The summed E-state index contributed by atoms with van der Waals surface area (Å²) >= 11 is 0. The number of rotatable bonds is 1. The first-order valence-electron chi connectivity index (χ1n) is 7.02. The summed E-state index contributed by atoms with van der Waals surface area (Å²) in [5, 5.41) is 6.05. The first-order chi connectivity index (χ1) is 8.99. The molecular formula is C14H27N3O3. The van der Waals surface area contributed by atoms with E-state index >= 15 is 0 Å². The molecule has 0 saturated carbocycles. The van der Waals surface area contributed by atoms with Crippen LogP contribution in [0.5, 0.6) is 0 Å². The van der Waals surface area contributed by atoms with Crippen molar-refractivity contribution in [3.8, 4) is 0 Å². The average Bonchev–Trinajstić information content (AvgIpc) is 2.24. The molecule has 1 atom stereocenters. The van der Waals surface area contributed by atoms with Crippen LogP contribution < -0.4 is 10.6 Å². The van der Waals surface area contributed by atoms with E-state index in [0.717, 1.165) is 0 Å². The molecule has 1 saturated heterocycles. The molecule has 1 fully saturated rings. The fourth-order valence-corrected chi connectivity index (χ4v) is 1.93. The van der Waals surface area contributed by atoms with E-state index in [0.29, 0.717) is 19.6 Å². The van der Waals surface area contributed by atoms with Crippen LogP contribution in [0.2, 0.25) is 0 Å². The molecule has 2 amide bonds. The molecule has 0 spiro atoms. The van der Waals surface area contributed by atoms with Crippen molar-refractivity contribution in [2.24, 2.45) is 0 Å². The minimum atomic E-state index is -0.562. The second kappa shape index (κ2) is 5.99. The Balaban J connectivity index is 2.76. The van der Waals surface area contributed by atoms with Gasteiger partial charge < -0.3 is 15.4 Å². The van der Waals surface area contributed by atoms with Crippen LogP contribution in [0.25, 0.3) is 0 Å². The number of amides is 2. The standard InChI is InChI=1S/C14H27N3O3/c1-13(2,3)16-11(18)10-9-15-7-8-17(10)12(19)20-14(4,5)6/h10,15H,7-9H2,1-6H3,(H,16,18)/t10-/m0/s1. The Morgan fingerprint density at radius 2 is 1.80 bits per heavy atom. The zero-order chi connectivity index (χ0) is 15.6. The van der Waals surface area contributed by atoms with Crippen LogP contribution >= 0.6 is 0 Å². The highest BCUT2D eigenvalue weighted by atomic mass is 16.6. The molecule has 6 nitrogen and oxygen atoms in total. The van der Waals surface area contributed by atoms with Crippen LogP contribution in [0.1, 0.15) is 41.5 Å². The van der Waals surface area contributed by atoms with Crippen LogP contribution in [-0.2, 0) is 9.53 Å². The zero-order valence-electron chi connectivity index (χ0n) is 13.4. The van der Waals surface area contributed by atoms with E-state index in [4.69, 9.17) is 4.74 Å². The largest absolute Gasteiger partial charge is 0.444 e. The molecule has 0 bridgehead atoms. The first-order valence-corrected chi connectivity index (χ1v) is 7.02. The summed E-state index contributed by atoms with van der Waals surface area (Å²) in [6.07, 6.45) is -0.437. The third kappa shape index (κ3) is 5.36. The van der Waals surface area contributed by atoms with Gasteiger partial charge in [0.15, 0.2) is 0 Å². The number of hydrogen-bond acceptors (Lipinski definition) is 4. The van der Waals surface area contributed by atoms with Gasteiger partial charge in [-0.3, -0.25) is 9.69 Å². The fraction of sp³-hybridized carbons (Fsp3) is 0.857. The number of hydrogen-bond donors (Lipinski definition) is 2. The molecule has 2 N–H and O–H groups in total. The van der Waals surface area contributed by atoms with Crippen molar-refractivity contribution in [1.82, 2.24) is 15.5 Å². The summed E-state index contributed by atoms with van der Waals surface area (Å²) in [6, 6.07) is -0.530. The Morgan fingerprint density at radius 1 is 1.20 bits per heavy atom. The highest BCUT2D eigenvalue weighted by Crippen LogP contribution is 2.14. The summed E-state index contributed by atoms with van der Waals surface area (Å²) in [5.74, 6) is -0.157. The number of nitrogens with one attached hydrogen (secondary N) is 2. The molecule has 6 heteroatoms. The lowest BCUT2D eigenvalue weighted by Gasteiger charge is -2.37. The molecule has 1 heterocycles. The van der Waals surface area contributed by atoms with Crippen LogP contribution in [0.3, 0.4) is 0 Å². The molecule has 1 rings (SSSR count). The van der Waals surface area contributed by atoms with Gasteiger partial charge in [-0.15, -0.1) is 0 Å². The monoisotopic (exact) mass is 285 g/mol. The molecule has 1 aliphatic heterocycles. The van der Waals surface area contributed by atoms with Crippen molar-refractivity contribution < 1.29 is 14.3 Å². The van der Waals surface area contributed by atoms with Gasteiger partial charge in [-0.25, -0.2) is 4.79 Å². The number of carbonyl (C=O) groups excluding carboxylic acids is 2. The van der Waals surface area contributed by atoms with Crippen molar-refractivity contribution in [3.63, 3.8) is 0 Å². The van der Waals surface area contributed by atoms with E-state index in [9.17, 15) is 9.59 Å². The average molecular weight is 285 g/mol. The predicted octanol–water partition coefficient (Wildman–Crippen LogP) is 1.11. The van der Waals surface area contributed by atoms with Crippen molar-refractivity contribution >= 4 is 12.0 Å². The SMILES string of the molecule is CC(C)(C)NC(=O)[C@@H]1CNCCN1C(=O)OC(C)(C)C. The Hall–Kier alpha value is -1.30. The van der Waals surface area contributed by atoms with Crippen LogP contribution in [-0.4, -0.2) is 53.7 Å². The lowest BCUT2D eigenvalue weighted by Crippen LogP contribution is -2.62. The van der Waals surface area contributed by atoms with Gasteiger partial charge in [-0.1, -0.05) is 0 Å². The first kappa shape index (κ1) is 16.8. The number of piperazine rings is 1. The maximum absolute atomic E-state index is 12.3. The van der Waals surface area contributed by atoms with Crippen LogP contribution in [0, 0.1) is 0 Å².